The first kappa shape index (κ1) is 16.9. The van der Waals surface area contributed by atoms with Gasteiger partial charge in [-0.25, -0.2) is 9.97 Å². The van der Waals surface area contributed by atoms with E-state index in [1.807, 2.05) is 19.9 Å². The van der Waals surface area contributed by atoms with Crippen LogP contribution in [-0.4, -0.2) is 29.7 Å². The minimum atomic E-state index is -0.353. The molecule has 1 atom stereocenters. The Morgan fingerprint density at radius 1 is 1.29 bits per heavy atom. The Bertz CT molecular complexity index is 705. The number of hydrogen-bond acceptors (Lipinski definition) is 5. The van der Waals surface area contributed by atoms with Gasteiger partial charge in [-0.1, -0.05) is 24.3 Å². The highest BCUT2D eigenvalue weighted by atomic mass is 16.5. The third kappa shape index (κ3) is 3.74. The molecule has 1 aliphatic heterocycles. The van der Waals surface area contributed by atoms with Crippen LogP contribution in [0.15, 0.2) is 30.3 Å². The van der Waals surface area contributed by atoms with E-state index in [2.05, 4.69) is 46.5 Å². The molecule has 0 fully saturated rings. The second kappa shape index (κ2) is 7.28. The quantitative estimate of drug-likeness (QED) is 0.883. The summed E-state index contributed by atoms with van der Waals surface area (Å²) in [6.45, 7) is 8.56. The SMILES string of the molecule is CCOCc1nc(C)cc(NCC2(C)OCCc3ccccc32)n1. The van der Waals surface area contributed by atoms with E-state index in [-0.39, 0.29) is 5.60 Å². The monoisotopic (exact) mass is 327 g/mol. The zero-order valence-electron chi connectivity index (χ0n) is 14.6. The van der Waals surface area contributed by atoms with Gasteiger partial charge in [-0.15, -0.1) is 0 Å². The molecule has 24 heavy (non-hydrogen) atoms. The van der Waals surface area contributed by atoms with Gasteiger partial charge < -0.3 is 14.8 Å². The Morgan fingerprint density at radius 2 is 2.12 bits per heavy atom. The lowest BCUT2D eigenvalue weighted by molar-refractivity contribution is -0.0359. The van der Waals surface area contributed by atoms with E-state index >= 15 is 0 Å². The maximum atomic E-state index is 6.11. The Balaban J connectivity index is 1.75. The van der Waals surface area contributed by atoms with Crippen LogP contribution >= 0.6 is 0 Å². The van der Waals surface area contributed by atoms with E-state index in [1.165, 1.54) is 11.1 Å². The molecule has 2 aromatic rings. The summed E-state index contributed by atoms with van der Waals surface area (Å²) in [5, 5.41) is 3.42. The van der Waals surface area contributed by atoms with Crippen LogP contribution in [-0.2, 0) is 28.1 Å². The molecule has 0 saturated heterocycles. The minimum Gasteiger partial charge on any atom is -0.374 e. The van der Waals surface area contributed by atoms with E-state index in [9.17, 15) is 0 Å². The van der Waals surface area contributed by atoms with Gasteiger partial charge in [-0.05, 0) is 38.3 Å². The molecule has 2 heterocycles. The lowest BCUT2D eigenvalue weighted by Crippen LogP contribution is -2.39. The molecule has 5 nitrogen and oxygen atoms in total. The van der Waals surface area contributed by atoms with Crippen molar-refractivity contribution >= 4 is 5.82 Å². The lowest BCUT2D eigenvalue weighted by atomic mass is 9.87. The number of aromatic nitrogens is 2. The van der Waals surface area contributed by atoms with Gasteiger partial charge >= 0.3 is 0 Å². The van der Waals surface area contributed by atoms with Crippen molar-refractivity contribution in [1.29, 1.82) is 0 Å². The summed E-state index contributed by atoms with van der Waals surface area (Å²) in [5.41, 5.74) is 3.19. The zero-order valence-corrected chi connectivity index (χ0v) is 14.6. The standard InChI is InChI=1S/C19H25N3O2/c1-4-23-12-18-21-14(2)11-17(22-18)20-13-19(3)16-8-6-5-7-15(16)9-10-24-19/h5-8,11H,4,9-10,12-13H2,1-3H3,(H,20,21,22). The van der Waals surface area contributed by atoms with Crippen molar-refractivity contribution in [1.82, 2.24) is 9.97 Å². The number of nitrogens with one attached hydrogen (secondary N) is 1. The average Bonchev–Trinajstić information content (AvgIpc) is 2.58. The van der Waals surface area contributed by atoms with E-state index < -0.39 is 0 Å². The molecule has 1 aliphatic rings. The fourth-order valence-electron chi connectivity index (χ4n) is 3.10. The predicted molar refractivity (Wildman–Crippen MR) is 94.0 cm³/mol. The zero-order chi connectivity index (χ0) is 17.0. The molecule has 0 amide bonds. The van der Waals surface area contributed by atoms with Crippen LogP contribution < -0.4 is 5.32 Å². The van der Waals surface area contributed by atoms with Crippen molar-refractivity contribution in [2.75, 3.05) is 25.1 Å². The molecule has 1 aromatic heterocycles. The van der Waals surface area contributed by atoms with Crippen LogP contribution in [0, 0.1) is 6.92 Å². The molecule has 1 N–H and O–H groups in total. The summed E-state index contributed by atoms with van der Waals surface area (Å²) in [6.07, 6.45) is 0.969. The first-order valence-corrected chi connectivity index (χ1v) is 8.49. The summed E-state index contributed by atoms with van der Waals surface area (Å²) < 4.78 is 11.5. The summed E-state index contributed by atoms with van der Waals surface area (Å²) in [7, 11) is 0. The van der Waals surface area contributed by atoms with Crippen LogP contribution in [0.3, 0.4) is 0 Å². The molecular formula is C19H25N3O2. The molecule has 0 spiro atoms. The number of hydrogen-bond donors (Lipinski definition) is 1. The number of nitrogens with zero attached hydrogens (tertiary/aromatic N) is 2. The molecule has 128 valence electrons. The van der Waals surface area contributed by atoms with Gasteiger partial charge in [0.2, 0.25) is 0 Å². The molecule has 5 heteroatoms. The van der Waals surface area contributed by atoms with Crippen LogP contribution in [0.4, 0.5) is 5.82 Å². The van der Waals surface area contributed by atoms with E-state index in [4.69, 9.17) is 9.47 Å². The van der Waals surface area contributed by atoms with Crippen molar-refractivity contribution in [2.45, 2.75) is 39.4 Å². The average molecular weight is 327 g/mol. The number of anilines is 1. The Kier molecular flexibility index (Phi) is 5.11. The summed E-state index contributed by atoms with van der Waals surface area (Å²) >= 11 is 0. The van der Waals surface area contributed by atoms with Gasteiger partial charge in [0, 0.05) is 24.9 Å². The molecular weight excluding hydrogens is 302 g/mol. The van der Waals surface area contributed by atoms with Crippen molar-refractivity contribution < 1.29 is 9.47 Å². The van der Waals surface area contributed by atoms with Gasteiger partial charge in [-0.2, -0.15) is 0 Å². The fraction of sp³-hybridized carbons (Fsp3) is 0.474. The predicted octanol–water partition coefficient (Wildman–Crippen LogP) is 3.22. The molecule has 0 saturated carbocycles. The topological polar surface area (TPSA) is 56.3 Å². The Hall–Kier alpha value is -1.98. The van der Waals surface area contributed by atoms with Crippen LogP contribution in [0.2, 0.25) is 0 Å². The number of aryl methyl sites for hydroxylation is 1. The van der Waals surface area contributed by atoms with Crippen LogP contribution in [0.1, 0.15) is 36.5 Å². The number of fused-ring (bicyclic) bond motifs is 1. The molecule has 0 radical (unpaired) electrons. The van der Waals surface area contributed by atoms with Gasteiger partial charge in [0.25, 0.3) is 0 Å². The number of rotatable bonds is 6. The van der Waals surface area contributed by atoms with Crippen molar-refractivity contribution in [2.24, 2.45) is 0 Å². The van der Waals surface area contributed by atoms with E-state index in [0.29, 0.717) is 25.6 Å². The van der Waals surface area contributed by atoms with Crippen LogP contribution in [0.5, 0.6) is 0 Å². The second-order valence-corrected chi connectivity index (χ2v) is 6.29. The largest absolute Gasteiger partial charge is 0.374 e. The van der Waals surface area contributed by atoms with Gasteiger partial charge in [-0.3, -0.25) is 0 Å². The fourth-order valence-corrected chi connectivity index (χ4v) is 3.10. The molecule has 0 aliphatic carbocycles. The highest BCUT2D eigenvalue weighted by molar-refractivity contribution is 5.40. The molecule has 1 unspecified atom stereocenters. The highest BCUT2D eigenvalue weighted by Gasteiger charge is 2.32. The third-order valence-corrected chi connectivity index (χ3v) is 4.32. The maximum Gasteiger partial charge on any atom is 0.156 e. The minimum absolute atomic E-state index is 0.353. The normalized spacial score (nSPS) is 19.8. The van der Waals surface area contributed by atoms with Gasteiger partial charge in [0.05, 0.1) is 6.61 Å². The van der Waals surface area contributed by atoms with Crippen LogP contribution in [0.25, 0.3) is 0 Å². The summed E-state index contributed by atoms with van der Waals surface area (Å²) in [5.74, 6) is 1.51. The highest BCUT2D eigenvalue weighted by Crippen LogP contribution is 2.32. The third-order valence-electron chi connectivity index (χ3n) is 4.32. The maximum absolute atomic E-state index is 6.11. The van der Waals surface area contributed by atoms with E-state index in [1.54, 1.807) is 0 Å². The molecule has 3 rings (SSSR count). The van der Waals surface area contributed by atoms with Crippen molar-refractivity contribution in [3.63, 3.8) is 0 Å². The van der Waals surface area contributed by atoms with E-state index in [0.717, 1.165) is 24.5 Å². The number of benzene rings is 1. The second-order valence-electron chi connectivity index (χ2n) is 6.29. The van der Waals surface area contributed by atoms with Crippen molar-refractivity contribution in [3.8, 4) is 0 Å². The first-order chi connectivity index (χ1) is 11.6. The summed E-state index contributed by atoms with van der Waals surface area (Å²) in [6, 6.07) is 10.5. The number of ether oxygens (including phenoxy) is 2. The smallest absolute Gasteiger partial charge is 0.156 e. The first-order valence-electron chi connectivity index (χ1n) is 8.49. The Labute approximate surface area is 143 Å². The lowest BCUT2D eigenvalue weighted by Gasteiger charge is -2.36. The summed E-state index contributed by atoms with van der Waals surface area (Å²) in [4.78, 5) is 8.95. The Morgan fingerprint density at radius 3 is 2.96 bits per heavy atom. The molecule has 1 aromatic carbocycles. The van der Waals surface area contributed by atoms with Gasteiger partial charge in [0.1, 0.15) is 18.0 Å². The van der Waals surface area contributed by atoms with Gasteiger partial charge in [0.15, 0.2) is 5.82 Å². The van der Waals surface area contributed by atoms with Crippen molar-refractivity contribution in [3.05, 3.63) is 53.0 Å². The molecule has 0 bridgehead atoms.